The molecule has 2 aromatic heterocycles. The van der Waals surface area contributed by atoms with E-state index in [2.05, 4.69) is 90.4 Å². The normalized spacial score (nSPS) is 10.9. The Hall–Kier alpha value is -11.3. The molecule has 0 aliphatic heterocycles. The molecule has 0 saturated carbocycles. The smallest absolute Gasteiger partial charge is 0.194 e. The number of nitrogens with zero attached hydrogens (tertiary/aromatic N) is 8. The van der Waals surface area contributed by atoms with Gasteiger partial charge in [-0.15, -0.1) is 0 Å². The van der Waals surface area contributed by atoms with E-state index in [1.165, 1.54) is 0 Å². The van der Waals surface area contributed by atoms with Crippen molar-refractivity contribution >= 4 is 60.7 Å². The number of benzene rings is 10. The van der Waals surface area contributed by atoms with Crippen molar-refractivity contribution in [3.8, 4) is 85.2 Å². The third-order valence-corrected chi connectivity index (χ3v) is 13.9. The van der Waals surface area contributed by atoms with Gasteiger partial charge in [-0.25, -0.2) is 14.5 Å². The molecule has 0 unspecified atom stereocenters. The third kappa shape index (κ3) is 7.10. The van der Waals surface area contributed by atoms with Gasteiger partial charge in [-0.1, -0.05) is 152 Å². The van der Waals surface area contributed by atoms with Crippen molar-refractivity contribution in [2.24, 2.45) is 0 Å². The Balaban J connectivity index is 1.27. The van der Waals surface area contributed by atoms with Crippen LogP contribution in [0.3, 0.4) is 0 Å². The first-order valence-corrected chi connectivity index (χ1v) is 23.6. The molecular weight excluding hydrogens is 905 g/mol. The molecule has 0 aliphatic carbocycles. The van der Waals surface area contributed by atoms with Gasteiger partial charge in [-0.3, -0.25) is 0 Å². The van der Waals surface area contributed by atoms with E-state index in [1.54, 1.807) is 6.07 Å². The molecule has 0 fully saturated rings. The Labute approximate surface area is 426 Å². The van der Waals surface area contributed by atoms with Crippen molar-refractivity contribution in [3.63, 3.8) is 0 Å². The number of nitriles is 3. The maximum Gasteiger partial charge on any atom is 0.194 e. The maximum absolute atomic E-state index is 11.3. The standard InChI is InChI=1S/C66H34N8/c1-70-57-20-9-6-17-50(57)44-24-28-54-53-27-23-43(49-16-5-4-14-48(49)40-69)34-60(53)73(61(54)35-44)64-32-42(39-68)33-65(66(64)47-15-12-13-41(31-47)38-67)74-62-36-45(51-18-7-10-21-58(51)71-2)25-29-55(62)56-30-26-46(37-63(56)74)52-19-8-11-22-59(52)72-3/h4-37H. The Kier molecular flexibility index (Phi) is 10.7. The van der Waals surface area contributed by atoms with Crippen molar-refractivity contribution in [2.75, 3.05) is 0 Å². The molecule has 12 rings (SSSR count). The zero-order valence-electron chi connectivity index (χ0n) is 39.2. The van der Waals surface area contributed by atoms with Crippen molar-refractivity contribution in [1.29, 1.82) is 15.8 Å². The molecule has 12 aromatic rings. The molecule has 0 spiro atoms. The molecule has 8 heteroatoms. The van der Waals surface area contributed by atoms with E-state index in [4.69, 9.17) is 19.7 Å². The van der Waals surface area contributed by atoms with Gasteiger partial charge in [0, 0.05) is 27.1 Å². The van der Waals surface area contributed by atoms with E-state index in [-0.39, 0.29) is 0 Å². The van der Waals surface area contributed by atoms with Crippen molar-refractivity contribution < 1.29 is 0 Å². The van der Waals surface area contributed by atoms with Crippen LogP contribution in [-0.2, 0) is 0 Å². The molecule has 0 bridgehead atoms. The molecule has 338 valence electrons. The van der Waals surface area contributed by atoms with Crippen LogP contribution in [0.4, 0.5) is 17.1 Å². The molecular formula is C66H34N8. The van der Waals surface area contributed by atoms with E-state index < -0.39 is 0 Å². The summed E-state index contributed by atoms with van der Waals surface area (Å²) >= 11 is 0. The van der Waals surface area contributed by atoms with Gasteiger partial charge in [0.2, 0.25) is 0 Å². The van der Waals surface area contributed by atoms with E-state index in [1.807, 2.05) is 152 Å². The molecule has 0 aliphatic rings. The average molecular weight is 939 g/mol. The first kappa shape index (κ1) is 44.0. The van der Waals surface area contributed by atoms with Crippen LogP contribution in [0.15, 0.2) is 206 Å². The summed E-state index contributed by atoms with van der Waals surface area (Å²) in [6.07, 6.45) is 0. The van der Waals surface area contributed by atoms with Gasteiger partial charge < -0.3 is 9.13 Å². The predicted molar refractivity (Wildman–Crippen MR) is 295 cm³/mol. The quantitative estimate of drug-likeness (QED) is 0.149. The molecule has 10 aromatic carbocycles. The second-order valence-electron chi connectivity index (χ2n) is 17.8. The molecule has 74 heavy (non-hydrogen) atoms. The fourth-order valence-corrected chi connectivity index (χ4v) is 10.6. The highest BCUT2D eigenvalue weighted by Crippen LogP contribution is 2.47. The molecule has 0 amide bonds. The van der Waals surface area contributed by atoms with Crippen LogP contribution in [0, 0.1) is 53.7 Å². The predicted octanol–water partition coefficient (Wildman–Crippen LogP) is 17.5. The van der Waals surface area contributed by atoms with Crippen molar-refractivity contribution in [2.45, 2.75) is 0 Å². The Morgan fingerprint density at radius 1 is 0.324 bits per heavy atom. The summed E-state index contributed by atoms with van der Waals surface area (Å²) in [6.45, 7) is 24.3. The summed E-state index contributed by atoms with van der Waals surface area (Å²) in [5.41, 5.74) is 15.2. The van der Waals surface area contributed by atoms with Gasteiger partial charge in [0.05, 0.1) is 88.1 Å². The summed E-state index contributed by atoms with van der Waals surface area (Å²) in [6, 6.07) is 73.6. The molecule has 0 saturated heterocycles. The topological polar surface area (TPSA) is 94.3 Å². The van der Waals surface area contributed by atoms with Crippen LogP contribution in [0.2, 0.25) is 0 Å². The lowest BCUT2D eigenvalue weighted by Crippen LogP contribution is -2.05. The fourth-order valence-electron chi connectivity index (χ4n) is 10.6. The first-order chi connectivity index (χ1) is 36.4. The Morgan fingerprint density at radius 2 is 0.703 bits per heavy atom. The van der Waals surface area contributed by atoms with Gasteiger partial charge >= 0.3 is 0 Å². The van der Waals surface area contributed by atoms with E-state index in [0.29, 0.717) is 56.3 Å². The van der Waals surface area contributed by atoms with Gasteiger partial charge in [0.25, 0.3) is 0 Å². The minimum absolute atomic E-state index is 0.365. The highest BCUT2D eigenvalue weighted by atomic mass is 15.0. The number of rotatable bonds is 7. The maximum atomic E-state index is 11.3. The molecule has 0 N–H and O–H groups in total. The molecule has 8 nitrogen and oxygen atoms in total. The van der Waals surface area contributed by atoms with Crippen LogP contribution >= 0.6 is 0 Å². The second kappa shape index (κ2) is 17.9. The van der Waals surface area contributed by atoms with Crippen molar-refractivity contribution in [3.05, 3.63) is 257 Å². The van der Waals surface area contributed by atoms with Crippen LogP contribution in [-0.4, -0.2) is 9.13 Å². The highest BCUT2D eigenvalue weighted by Gasteiger charge is 2.25. The largest absolute Gasteiger partial charge is 0.308 e. The number of aromatic nitrogens is 2. The van der Waals surface area contributed by atoms with Gasteiger partial charge in [-0.05, 0) is 105 Å². The van der Waals surface area contributed by atoms with Crippen LogP contribution < -0.4 is 0 Å². The zero-order valence-corrected chi connectivity index (χ0v) is 39.2. The summed E-state index contributed by atoms with van der Waals surface area (Å²) in [5, 5.41) is 35.8. The van der Waals surface area contributed by atoms with Gasteiger partial charge in [0.1, 0.15) is 0 Å². The Bertz CT molecular complexity index is 4150. The minimum Gasteiger partial charge on any atom is -0.308 e. The lowest BCUT2D eigenvalue weighted by atomic mass is 9.96. The highest BCUT2D eigenvalue weighted by molar-refractivity contribution is 6.14. The first-order valence-electron chi connectivity index (χ1n) is 23.6. The third-order valence-electron chi connectivity index (χ3n) is 13.9. The van der Waals surface area contributed by atoms with E-state index >= 15 is 0 Å². The SMILES string of the molecule is [C-]#[N+]c1ccccc1-c1ccc2c3ccc(-c4ccccc4C#N)cc3n(-c3cc(C#N)cc(-n4c5cc(-c6ccccc6[N+]#[C-])ccc5c5ccc(-c6ccccc6[N+]#[C-])cc54)c3-c3cccc(C#N)c3)c2c1. The zero-order chi connectivity index (χ0) is 50.5. The van der Waals surface area contributed by atoms with Crippen molar-refractivity contribution in [1.82, 2.24) is 9.13 Å². The van der Waals surface area contributed by atoms with E-state index in [9.17, 15) is 15.8 Å². The Morgan fingerprint density at radius 3 is 1.09 bits per heavy atom. The van der Waals surface area contributed by atoms with Crippen LogP contribution in [0.5, 0.6) is 0 Å². The summed E-state index contributed by atoms with van der Waals surface area (Å²) in [7, 11) is 0. The monoisotopic (exact) mass is 938 g/mol. The lowest BCUT2D eigenvalue weighted by molar-refractivity contribution is 1.13. The van der Waals surface area contributed by atoms with Crippen LogP contribution in [0.1, 0.15) is 16.7 Å². The second-order valence-corrected chi connectivity index (χ2v) is 17.8. The van der Waals surface area contributed by atoms with Gasteiger partial charge in [-0.2, -0.15) is 15.8 Å². The molecule has 2 heterocycles. The average Bonchev–Trinajstić information content (AvgIpc) is 3.97. The summed E-state index contributed by atoms with van der Waals surface area (Å²) in [4.78, 5) is 11.7. The van der Waals surface area contributed by atoms with Gasteiger partial charge in [0.15, 0.2) is 17.1 Å². The minimum atomic E-state index is 0.365. The van der Waals surface area contributed by atoms with Crippen LogP contribution in [0.25, 0.3) is 125 Å². The number of fused-ring (bicyclic) bond motifs is 6. The fraction of sp³-hybridized carbons (Fsp3) is 0. The number of hydrogen-bond donors (Lipinski definition) is 0. The lowest BCUT2D eigenvalue weighted by Gasteiger charge is -2.21. The van der Waals surface area contributed by atoms with E-state index in [0.717, 1.165) is 88.1 Å². The molecule has 0 atom stereocenters. The molecule has 0 radical (unpaired) electrons. The number of para-hydroxylation sites is 3. The summed E-state index contributed by atoms with van der Waals surface area (Å²) in [5.74, 6) is 0. The summed E-state index contributed by atoms with van der Waals surface area (Å²) < 4.78 is 4.35. The number of hydrogen-bond acceptors (Lipinski definition) is 3.